The summed E-state index contributed by atoms with van der Waals surface area (Å²) in [5, 5.41) is 0.983. The number of hydrogen-bond donors (Lipinski definition) is 1. The number of rotatable bonds is 3. The number of aromatic nitrogens is 1. The fourth-order valence-corrected chi connectivity index (χ4v) is 2.16. The van der Waals surface area contributed by atoms with Crippen LogP contribution in [0.15, 0.2) is 36.5 Å². The zero-order chi connectivity index (χ0) is 13.1. The lowest BCUT2D eigenvalue weighted by molar-refractivity contribution is 0.621. The van der Waals surface area contributed by atoms with Gasteiger partial charge in [-0.15, -0.1) is 0 Å². The second kappa shape index (κ2) is 5.65. The summed E-state index contributed by atoms with van der Waals surface area (Å²) < 4.78 is 13.1. The third kappa shape index (κ3) is 2.99. The first-order valence-electron chi connectivity index (χ1n) is 5.38. The number of benzene rings is 1. The van der Waals surface area contributed by atoms with Crippen LogP contribution in [-0.2, 0) is 6.42 Å². The molecule has 2 nitrogen and oxygen atoms in total. The molecule has 1 aromatic carbocycles. The van der Waals surface area contributed by atoms with E-state index in [9.17, 15) is 4.39 Å². The molecule has 0 aliphatic rings. The van der Waals surface area contributed by atoms with Crippen molar-refractivity contribution in [2.45, 2.75) is 12.5 Å². The normalized spacial score (nSPS) is 12.4. The van der Waals surface area contributed by atoms with Gasteiger partial charge in [-0.3, -0.25) is 4.98 Å². The van der Waals surface area contributed by atoms with Crippen LogP contribution in [-0.4, -0.2) is 4.98 Å². The maximum atomic E-state index is 13.1. The van der Waals surface area contributed by atoms with E-state index in [0.29, 0.717) is 27.7 Å². The minimum Gasteiger partial charge on any atom is -0.322 e. The molecule has 0 aliphatic carbocycles. The third-order valence-electron chi connectivity index (χ3n) is 2.59. The molecule has 0 amide bonds. The Morgan fingerprint density at radius 3 is 2.72 bits per heavy atom. The van der Waals surface area contributed by atoms with Crippen LogP contribution >= 0.6 is 23.2 Å². The summed E-state index contributed by atoms with van der Waals surface area (Å²) in [5.41, 5.74) is 7.25. The van der Waals surface area contributed by atoms with E-state index in [1.165, 1.54) is 18.2 Å². The van der Waals surface area contributed by atoms with Crippen LogP contribution < -0.4 is 5.73 Å². The van der Waals surface area contributed by atoms with Crippen LogP contribution in [0.5, 0.6) is 0 Å². The van der Waals surface area contributed by atoms with Crippen molar-refractivity contribution in [3.05, 3.63) is 63.6 Å². The van der Waals surface area contributed by atoms with Crippen molar-refractivity contribution < 1.29 is 4.39 Å². The van der Waals surface area contributed by atoms with E-state index in [1.54, 1.807) is 18.3 Å². The van der Waals surface area contributed by atoms with E-state index >= 15 is 0 Å². The Kier molecular flexibility index (Phi) is 4.17. The van der Waals surface area contributed by atoms with Gasteiger partial charge in [0.05, 0.1) is 16.8 Å². The van der Waals surface area contributed by atoms with Gasteiger partial charge in [-0.1, -0.05) is 23.2 Å². The zero-order valence-corrected chi connectivity index (χ0v) is 10.9. The summed E-state index contributed by atoms with van der Waals surface area (Å²) >= 11 is 12.0. The van der Waals surface area contributed by atoms with Crippen LogP contribution in [0.3, 0.4) is 0 Å². The first-order valence-corrected chi connectivity index (χ1v) is 6.13. The van der Waals surface area contributed by atoms with Crippen LogP contribution in [0.25, 0.3) is 0 Å². The minimum atomic E-state index is -0.419. The average Bonchev–Trinajstić information content (AvgIpc) is 2.34. The average molecular weight is 285 g/mol. The van der Waals surface area contributed by atoms with Gasteiger partial charge >= 0.3 is 0 Å². The van der Waals surface area contributed by atoms with Crippen molar-refractivity contribution in [1.82, 2.24) is 4.98 Å². The Morgan fingerprint density at radius 1 is 1.22 bits per heavy atom. The molecule has 5 heteroatoms. The highest BCUT2D eigenvalue weighted by Gasteiger charge is 2.14. The van der Waals surface area contributed by atoms with Gasteiger partial charge in [0.2, 0.25) is 0 Å². The molecule has 0 aliphatic heterocycles. The van der Waals surface area contributed by atoms with Gasteiger partial charge in [-0.25, -0.2) is 4.39 Å². The molecule has 94 valence electrons. The first-order chi connectivity index (χ1) is 8.58. The summed E-state index contributed by atoms with van der Waals surface area (Å²) in [7, 11) is 0. The number of pyridine rings is 1. The highest BCUT2D eigenvalue weighted by molar-refractivity contribution is 6.31. The van der Waals surface area contributed by atoms with E-state index in [4.69, 9.17) is 28.9 Å². The monoisotopic (exact) mass is 284 g/mol. The van der Waals surface area contributed by atoms with Crippen molar-refractivity contribution in [3.63, 3.8) is 0 Å². The molecule has 2 aromatic rings. The number of nitrogens with zero attached hydrogens (tertiary/aromatic N) is 1. The summed E-state index contributed by atoms with van der Waals surface area (Å²) in [6.07, 6.45) is 2.00. The Bertz CT molecular complexity index is 560. The van der Waals surface area contributed by atoms with Gasteiger partial charge in [0.1, 0.15) is 5.82 Å². The van der Waals surface area contributed by atoms with Crippen molar-refractivity contribution in [2.75, 3.05) is 0 Å². The van der Waals surface area contributed by atoms with Crippen molar-refractivity contribution in [3.8, 4) is 0 Å². The fraction of sp³-hybridized carbons (Fsp3) is 0.154. The van der Waals surface area contributed by atoms with E-state index < -0.39 is 6.04 Å². The lowest BCUT2D eigenvalue weighted by Gasteiger charge is -2.13. The molecule has 0 saturated heterocycles. The molecular formula is C13H11Cl2FN2. The molecular weight excluding hydrogens is 274 g/mol. The second-order valence-electron chi connectivity index (χ2n) is 3.92. The Morgan fingerprint density at radius 2 is 2.00 bits per heavy atom. The van der Waals surface area contributed by atoms with Crippen molar-refractivity contribution in [1.29, 1.82) is 0 Å². The van der Waals surface area contributed by atoms with Gasteiger partial charge in [-0.05, 0) is 42.3 Å². The Labute approximate surface area is 115 Å². The van der Waals surface area contributed by atoms with E-state index in [0.717, 1.165) is 0 Å². The molecule has 2 N–H and O–H groups in total. The Balaban J connectivity index is 2.24. The minimum absolute atomic E-state index is 0.339. The van der Waals surface area contributed by atoms with E-state index in [2.05, 4.69) is 4.98 Å². The largest absolute Gasteiger partial charge is 0.322 e. The predicted octanol–water partition coefficient (Wildman–Crippen LogP) is 3.77. The molecule has 18 heavy (non-hydrogen) atoms. The van der Waals surface area contributed by atoms with Gasteiger partial charge < -0.3 is 5.73 Å². The van der Waals surface area contributed by atoms with E-state index in [-0.39, 0.29) is 5.82 Å². The summed E-state index contributed by atoms with van der Waals surface area (Å²) in [4.78, 5) is 4.13. The SMILES string of the molecule is NC(Cc1cc(F)ccc1Cl)c1ncccc1Cl. The van der Waals surface area contributed by atoms with Crippen LogP contribution in [0.1, 0.15) is 17.3 Å². The predicted molar refractivity (Wildman–Crippen MR) is 71.3 cm³/mol. The summed E-state index contributed by atoms with van der Waals surface area (Å²) in [6, 6.07) is 7.23. The molecule has 0 saturated carbocycles. The van der Waals surface area contributed by atoms with Crippen LogP contribution in [0.2, 0.25) is 10.0 Å². The van der Waals surface area contributed by atoms with Gasteiger partial charge in [0, 0.05) is 11.2 Å². The number of hydrogen-bond acceptors (Lipinski definition) is 2. The van der Waals surface area contributed by atoms with Gasteiger partial charge in [0.25, 0.3) is 0 Å². The maximum Gasteiger partial charge on any atom is 0.123 e. The highest BCUT2D eigenvalue weighted by atomic mass is 35.5. The lowest BCUT2D eigenvalue weighted by atomic mass is 10.0. The standard InChI is InChI=1S/C13H11Cl2FN2/c14-10-4-3-9(16)6-8(10)7-12(17)13-11(15)2-1-5-18-13/h1-6,12H,7,17H2. The summed E-state index contributed by atoms with van der Waals surface area (Å²) in [5.74, 6) is -0.339. The fourth-order valence-electron chi connectivity index (χ4n) is 1.70. The Hall–Kier alpha value is -1.16. The first kappa shape index (κ1) is 13.3. The third-order valence-corrected chi connectivity index (χ3v) is 3.27. The molecule has 1 heterocycles. The molecule has 0 fully saturated rings. The van der Waals surface area contributed by atoms with Crippen molar-refractivity contribution in [2.24, 2.45) is 5.73 Å². The number of nitrogens with two attached hydrogens (primary N) is 1. The molecule has 1 aromatic heterocycles. The highest BCUT2D eigenvalue weighted by Crippen LogP contribution is 2.25. The smallest absolute Gasteiger partial charge is 0.123 e. The van der Waals surface area contributed by atoms with Crippen molar-refractivity contribution >= 4 is 23.2 Å². The van der Waals surface area contributed by atoms with Crippen LogP contribution in [0, 0.1) is 5.82 Å². The molecule has 0 spiro atoms. The second-order valence-corrected chi connectivity index (χ2v) is 4.73. The van der Waals surface area contributed by atoms with E-state index in [1.807, 2.05) is 0 Å². The van der Waals surface area contributed by atoms with Gasteiger partial charge in [-0.2, -0.15) is 0 Å². The lowest BCUT2D eigenvalue weighted by Crippen LogP contribution is -2.15. The molecule has 2 rings (SSSR count). The van der Waals surface area contributed by atoms with Gasteiger partial charge in [0.15, 0.2) is 0 Å². The molecule has 0 bridgehead atoms. The molecule has 0 radical (unpaired) electrons. The maximum absolute atomic E-state index is 13.1. The topological polar surface area (TPSA) is 38.9 Å². The number of halogens is 3. The quantitative estimate of drug-likeness (QED) is 0.932. The molecule has 1 unspecified atom stereocenters. The van der Waals surface area contributed by atoms with Crippen LogP contribution in [0.4, 0.5) is 4.39 Å². The summed E-state index contributed by atoms with van der Waals surface area (Å²) in [6.45, 7) is 0. The zero-order valence-electron chi connectivity index (χ0n) is 9.41. The molecule has 1 atom stereocenters.